The molecule has 14 heteroatoms. The second kappa shape index (κ2) is 20.3. The van der Waals surface area contributed by atoms with Gasteiger partial charge in [0, 0.05) is 17.1 Å². The second-order valence-electron chi connectivity index (χ2n) is 4.51. The van der Waals surface area contributed by atoms with Crippen LogP contribution in [-0.4, -0.2) is 61.9 Å². The summed E-state index contributed by atoms with van der Waals surface area (Å²) in [5, 5.41) is 37.7. The topological polar surface area (TPSA) is 193 Å². The minimum atomic E-state index is -1.25. The number of nitrogens with one attached hydrogen (secondary N) is 1. The molecule has 2 atom stereocenters. The van der Waals surface area contributed by atoms with Gasteiger partial charge >= 0.3 is 27.2 Å². The molecule has 2 rings (SSSR count). The molecule has 152 valence electrons. The van der Waals surface area contributed by atoms with E-state index in [4.69, 9.17) is 30.6 Å². The molecular formula is C10H25Cu2N5O7+2. The molecule has 0 aromatic carbocycles. The molecule has 0 saturated carbocycles. The second-order valence-corrected chi connectivity index (χ2v) is 4.51. The van der Waals surface area contributed by atoms with E-state index in [1.807, 2.05) is 0 Å². The average Bonchev–Trinajstić information content (AvgIpc) is 2.40. The van der Waals surface area contributed by atoms with E-state index in [0.717, 1.165) is 13.1 Å². The summed E-state index contributed by atoms with van der Waals surface area (Å²) in [5.41, 5.74) is 0. The molecule has 2 aliphatic heterocycles. The molecule has 0 aromatic rings. The van der Waals surface area contributed by atoms with E-state index in [2.05, 4.69) is 16.0 Å². The molecular weight excluding hydrogens is 429 g/mol. The summed E-state index contributed by atoms with van der Waals surface area (Å²) in [6.07, 6.45) is 8.45. The summed E-state index contributed by atoms with van der Waals surface area (Å²) >= 11 is 0. The smallest absolute Gasteiger partial charge is 0.647 e. The fraction of sp³-hybridized carbons (Fsp3) is 1.00. The van der Waals surface area contributed by atoms with Crippen LogP contribution in [0.4, 0.5) is 0 Å². The van der Waals surface area contributed by atoms with E-state index in [1.54, 1.807) is 0 Å². The zero-order chi connectivity index (χ0) is 16.1. The van der Waals surface area contributed by atoms with Gasteiger partial charge in [0.15, 0.2) is 0 Å². The van der Waals surface area contributed by atoms with Gasteiger partial charge < -0.3 is 21.4 Å². The van der Waals surface area contributed by atoms with Gasteiger partial charge in [0.1, 0.15) is 9.81 Å². The van der Waals surface area contributed by atoms with E-state index in [1.165, 1.54) is 38.5 Å². The van der Waals surface area contributed by atoms with Crippen molar-refractivity contribution in [2.75, 3.05) is 13.1 Å². The van der Waals surface area contributed by atoms with Crippen LogP contribution in [0.2, 0.25) is 0 Å². The maximum atomic E-state index is 8.47. The number of hydrogen-bond acceptors (Lipinski definition) is 3. The molecule has 2 heterocycles. The average molecular weight is 454 g/mol. The van der Waals surface area contributed by atoms with Crippen molar-refractivity contribution in [3.8, 4) is 0 Å². The van der Waals surface area contributed by atoms with E-state index in [9.17, 15) is 0 Å². The van der Waals surface area contributed by atoms with Crippen LogP contribution in [0.1, 0.15) is 38.5 Å². The van der Waals surface area contributed by atoms with Crippen molar-refractivity contribution in [2.24, 2.45) is 0 Å². The summed E-state index contributed by atoms with van der Waals surface area (Å²) in [6, 6.07) is 0. The third-order valence-electron chi connectivity index (χ3n) is 2.86. The van der Waals surface area contributed by atoms with Crippen LogP contribution in [0.25, 0.3) is 10.6 Å². The molecule has 2 fully saturated rings. The summed E-state index contributed by atoms with van der Waals surface area (Å²) in [4.78, 5) is 16.9. The van der Waals surface area contributed by atoms with Crippen molar-refractivity contribution < 1.29 is 70.6 Å². The first-order valence-corrected chi connectivity index (χ1v) is 6.71. The standard InChI is InChI=1S/C10H19N3.2Cu.2H2NO3.H2O/c1-3-7-11-9(5-1)13-10-6-2-4-8-12-10;;;2*2-1(3)4;/h9-10,13H,1-8H2;;;2*(H2,2,3,4);1H2/q-2;;+2;2*+1;. The van der Waals surface area contributed by atoms with E-state index in [-0.39, 0.29) is 39.6 Å². The molecule has 7 N–H and O–H groups in total. The van der Waals surface area contributed by atoms with Gasteiger partial charge in [0.2, 0.25) is 0 Å². The predicted octanol–water partition coefficient (Wildman–Crippen LogP) is 0.601. The molecule has 24 heavy (non-hydrogen) atoms. The largest absolute Gasteiger partial charge is 2.00 e. The first-order valence-electron chi connectivity index (χ1n) is 6.71. The Kier molecular flexibility index (Phi) is 26.3. The normalized spacial score (nSPS) is 21.5. The molecule has 2 saturated heterocycles. The molecule has 2 aliphatic rings. The van der Waals surface area contributed by atoms with Gasteiger partial charge in [-0.25, -0.2) is 20.8 Å². The third-order valence-corrected chi connectivity index (χ3v) is 2.86. The van der Waals surface area contributed by atoms with Crippen LogP contribution in [-0.2, 0) is 34.1 Å². The van der Waals surface area contributed by atoms with Crippen molar-refractivity contribution >= 4 is 0 Å². The molecule has 0 aromatic heterocycles. The van der Waals surface area contributed by atoms with E-state index < -0.39 is 10.2 Å². The zero-order valence-electron chi connectivity index (χ0n) is 12.8. The molecule has 0 aliphatic carbocycles. The monoisotopic (exact) mass is 453 g/mol. The number of rotatable bonds is 2. The molecule has 0 bridgehead atoms. The minimum Gasteiger partial charge on any atom is -0.647 e. The predicted molar refractivity (Wildman–Crippen MR) is 72.9 cm³/mol. The quantitative estimate of drug-likeness (QED) is 0.298. The summed E-state index contributed by atoms with van der Waals surface area (Å²) < 4.78 is 0. The first kappa shape index (κ1) is 31.1. The van der Waals surface area contributed by atoms with Gasteiger partial charge in [-0.15, -0.1) is 13.1 Å². The summed E-state index contributed by atoms with van der Waals surface area (Å²) in [5.74, 6) is 0. The van der Waals surface area contributed by atoms with Crippen molar-refractivity contribution in [1.29, 1.82) is 0 Å². The van der Waals surface area contributed by atoms with Gasteiger partial charge in [0.25, 0.3) is 0 Å². The SMILES string of the molecule is C1CCC(NC2CCCC[N-]2)[N-]C1.O.O=[N+](O)O.O=[N+](O)O.[Cu+2].[Cu]. The Morgan fingerprint density at radius 1 is 0.792 bits per heavy atom. The van der Waals surface area contributed by atoms with Crippen LogP contribution in [0.3, 0.4) is 0 Å². The Morgan fingerprint density at radius 2 is 1.08 bits per heavy atom. The maximum Gasteiger partial charge on any atom is 2.00 e. The van der Waals surface area contributed by atoms with Crippen molar-refractivity contribution in [1.82, 2.24) is 5.32 Å². The number of hydrogen-bond donors (Lipinski definition) is 5. The fourth-order valence-corrected chi connectivity index (χ4v) is 2.07. The first-order chi connectivity index (χ1) is 9.91. The Labute approximate surface area is 160 Å². The van der Waals surface area contributed by atoms with Crippen molar-refractivity contribution in [3.63, 3.8) is 0 Å². The molecule has 0 spiro atoms. The molecule has 2 radical (unpaired) electrons. The Bertz CT molecular complexity index is 269. The van der Waals surface area contributed by atoms with Crippen LogP contribution < -0.4 is 5.32 Å². The van der Waals surface area contributed by atoms with Gasteiger partial charge in [-0.3, -0.25) is 0 Å². The van der Waals surface area contributed by atoms with Gasteiger partial charge in [-0.05, 0) is 0 Å². The molecule has 0 amide bonds. The molecule has 2 unspecified atom stereocenters. The van der Waals surface area contributed by atoms with E-state index >= 15 is 0 Å². The Hall–Kier alpha value is -0.721. The third kappa shape index (κ3) is 23.5. The zero-order valence-corrected chi connectivity index (χ0v) is 14.7. The van der Waals surface area contributed by atoms with Crippen LogP contribution in [0, 0.1) is 9.81 Å². The van der Waals surface area contributed by atoms with Gasteiger partial charge in [-0.1, -0.05) is 50.9 Å². The number of nitrogens with zero attached hydrogens (tertiary/aromatic N) is 4. The van der Waals surface area contributed by atoms with Crippen LogP contribution in [0.15, 0.2) is 0 Å². The minimum absolute atomic E-state index is 0. The summed E-state index contributed by atoms with van der Waals surface area (Å²) in [6.45, 7) is 2.09. The number of piperidine rings is 2. The Morgan fingerprint density at radius 3 is 1.29 bits per heavy atom. The van der Waals surface area contributed by atoms with Crippen molar-refractivity contribution in [2.45, 2.75) is 50.9 Å². The fourth-order valence-electron chi connectivity index (χ4n) is 2.07. The van der Waals surface area contributed by atoms with E-state index in [0.29, 0.717) is 12.3 Å². The van der Waals surface area contributed by atoms with Crippen LogP contribution in [0.5, 0.6) is 0 Å². The van der Waals surface area contributed by atoms with Gasteiger partial charge in [-0.2, -0.15) is 0 Å². The summed E-state index contributed by atoms with van der Waals surface area (Å²) in [7, 11) is 0. The molecule has 12 nitrogen and oxygen atoms in total. The Balaban J connectivity index is -0.000000157. The van der Waals surface area contributed by atoms with Crippen molar-refractivity contribution in [3.05, 3.63) is 20.4 Å². The van der Waals surface area contributed by atoms with Gasteiger partial charge in [0.05, 0.1) is 0 Å². The van der Waals surface area contributed by atoms with Crippen LogP contribution >= 0.6 is 0 Å². The maximum absolute atomic E-state index is 8.47.